The van der Waals surface area contributed by atoms with E-state index in [1.54, 1.807) is 24.3 Å². The van der Waals surface area contributed by atoms with Crippen LogP contribution in [0.3, 0.4) is 0 Å². The Morgan fingerprint density at radius 3 is 2.23 bits per heavy atom. The Kier molecular flexibility index (Phi) is 8.26. The summed E-state index contributed by atoms with van der Waals surface area (Å²) in [7, 11) is 0. The van der Waals surface area contributed by atoms with Gasteiger partial charge in [-0.3, -0.25) is 9.59 Å². The predicted octanol–water partition coefficient (Wildman–Crippen LogP) is 4.51. The number of rotatable bonds is 9. The van der Waals surface area contributed by atoms with Crippen LogP contribution in [0.2, 0.25) is 0 Å². The Balaban J connectivity index is 2.65. The van der Waals surface area contributed by atoms with E-state index in [9.17, 15) is 9.59 Å². The van der Waals surface area contributed by atoms with Crippen molar-refractivity contribution < 1.29 is 19.1 Å². The number of carbonyl (C=O) groups excluding carboxylic acids is 2. The third kappa shape index (κ3) is 6.29. The van der Waals surface area contributed by atoms with Crippen LogP contribution in [0.25, 0.3) is 0 Å². The lowest BCUT2D eigenvalue weighted by molar-refractivity contribution is -0.140. The molecular formula is C18H26O4. The highest BCUT2D eigenvalue weighted by Crippen LogP contribution is 2.28. The Bertz CT molecular complexity index is 482. The molecule has 1 unspecified atom stereocenters. The average Bonchev–Trinajstić information content (AvgIpc) is 2.49. The molecule has 0 aliphatic heterocycles. The number of ether oxygens (including phenoxy) is 2. The zero-order valence-corrected chi connectivity index (χ0v) is 13.8. The molecule has 0 heterocycles. The fraction of sp³-hybridized carbons (Fsp3) is 0.556. The standard InChI is InChI=1S/C18H26O4/c1-4-6-7-13-17(19)21-15-11-8-9-12-16(15)22-18(20)14(3)10-5-2/h8-9,11-12,14H,4-7,10,13H2,1-3H3. The third-order valence-corrected chi connectivity index (χ3v) is 3.39. The number of unbranched alkanes of at least 4 members (excludes halogenated alkanes) is 2. The lowest BCUT2D eigenvalue weighted by Gasteiger charge is -2.13. The highest BCUT2D eigenvalue weighted by atomic mass is 16.6. The molecule has 0 aliphatic carbocycles. The number of carbonyl (C=O) groups is 2. The van der Waals surface area contributed by atoms with E-state index in [-0.39, 0.29) is 17.9 Å². The summed E-state index contributed by atoms with van der Waals surface area (Å²) in [6.45, 7) is 5.94. The van der Waals surface area contributed by atoms with Crippen LogP contribution in [0, 0.1) is 5.92 Å². The molecule has 0 saturated carbocycles. The SMILES string of the molecule is CCCCCC(=O)Oc1ccccc1OC(=O)C(C)CCC. The van der Waals surface area contributed by atoms with Gasteiger partial charge in [0, 0.05) is 6.42 Å². The van der Waals surface area contributed by atoms with Crippen molar-refractivity contribution in [3.05, 3.63) is 24.3 Å². The van der Waals surface area contributed by atoms with Gasteiger partial charge in [0.15, 0.2) is 11.5 Å². The van der Waals surface area contributed by atoms with Crippen LogP contribution in [0.15, 0.2) is 24.3 Å². The van der Waals surface area contributed by atoms with Gasteiger partial charge in [-0.2, -0.15) is 0 Å². The van der Waals surface area contributed by atoms with E-state index in [2.05, 4.69) is 6.92 Å². The van der Waals surface area contributed by atoms with Crippen LogP contribution in [0.5, 0.6) is 11.5 Å². The first-order valence-corrected chi connectivity index (χ1v) is 8.09. The van der Waals surface area contributed by atoms with Crippen LogP contribution in [-0.4, -0.2) is 11.9 Å². The lowest BCUT2D eigenvalue weighted by Crippen LogP contribution is -2.18. The fourth-order valence-corrected chi connectivity index (χ4v) is 2.07. The Labute approximate surface area is 132 Å². The predicted molar refractivity (Wildman–Crippen MR) is 85.9 cm³/mol. The van der Waals surface area contributed by atoms with Crippen molar-refractivity contribution in [2.75, 3.05) is 0 Å². The molecule has 0 N–H and O–H groups in total. The molecule has 0 aromatic heterocycles. The van der Waals surface area contributed by atoms with Crippen LogP contribution in [0.1, 0.15) is 59.3 Å². The van der Waals surface area contributed by atoms with Crippen molar-refractivity contribution in [2.24, 2.45) is 5.92 Å². The third-order valence-electron chi connectivity index (χ3n) is 3.39. The summed E-state index contributed by atoms with van der Waals surface area (Å²) in [4.78, 5) is 23.8. The van der Waals surface area contributed by atoms with Gasteiger partial charge >= 0.3 is 11.9 Å². The fourth-order valence-electron chi connectivity index (χ4n) is 2.07. The molecule has 1 atom stereocenters. The number of benzene rings is 1. The first kappa shape index (κ1) is 18.2. The van der Waals surface area contributed by atoms with Crippen molar-refractivity contribution in [1.82, 2.24) is 0 Å². The summed E-state index contributed by atoms with van der Waals surface area (Å²) < 4.78 is 10.7. The monoisotopic (exact) mass is 306 g/mol. The van der Waals surface area contributed by atoms with E-state index in [0.29, 0.717) is 17.9 Å². The van der Waals surface area contributed by atoms with Gasteiger partial charge in [-0.15, -0.1) is 0 Å². The molecule has 0 aliphatic rings. The van der Waals surface area contributed by atoms with E-state index >= 15 is 0 Å². The molecule has 1 rings (SSSR count). The largest absolute Gasteiger partial charge is 0.423 e. The summed E-state index contributed by atoms with van der Waals surface area (Å²) in [6.07, 6.45) is 4.94. The highest BCUT2D eigenvalue weighted by Gasteiger charge is 2.17. The maximum atomic E-state index is 12.0. The molecule has 0 amide bonds. The molecule has 0 fully saturated rings. The summed E-state index contributed by atoms with van der Waals surface area (Å²) in [6, 6.07) is 6.79. The van der Waals surface area contributed by atoms with Crippen molar-refractivity contribution >= 4 is 11.9 Å². The van der Waals surface area contributed by atoms with E-state index in [1.807, 2.05) is 13.8 Å². The molecule has 122 valence electrons. The summed E-state index contributed by atoms with van der Waals surface area (Å²) in [5.74, 6) is -0.145. The second-order valence-corrected chi connectivity index (χ2v) is 5.49. The lowest BCUT2D eigenvalue weighted by atomic mass is 10.1. The van der Waals surface area contributed by atoms with Crippen molar-refractivity contribution in [2.45, 2.75) is 59.3 Å². The second-order valence-electron chi connectivity index (χ2n) is 5.49. The van der Waals surface area contributed by atoms with E-state index < -0.39 is 0 Å². The van der Waals surface area contributed by atoms with Gasteiger partial charge < -0.3 is 9.47 Å². The summed E-state index contributed by atoms with van der Waals surface area (Å²) in [5, 5.41) is 0. The highest BCUT2D eigenvalue weighted by molar-refractivity contribution is 5.77. The van der Waals surface area contributed by atoms with Crippen LogP contribution < -0.4 is 9.47 Å². The molecule has 0 radical (unpaired) electrons. The Morgan fingerprint density at radius 2 is 1.64 bits per heavy atom. The van der Waals surface area contributed by atoms with Crippen LogP contribution >= 0.6 is 0 Å². The van der Waals surface area contributed by atoms with Crippen molar-refractivity contribution in [3.63, 3.8) is 0 Å². The van der Waals surface area contributed by atoms with Crippen molar-refractivity contribution in [1.29, 1.82) is 0 Å². The second kappa shape index (κ2) is 9.98. The summed E-state index contributed by atoms with van der Waals surface area (Å²) >= 11 is 0. The Hall–Kier alpha value is -1.84. The van der Waals surface area contributed by atoms with Crippen LogP contribution in [-0.2, 0) is 9.59 Å². The molecule has 22 heavy (non-hydrogen) atoms. The van der Waals surface area contributed by atoms with Gasteiger partial charge in [0.1, 0.15) is 0 Å². The number of hydrogen-bond donors (Lipinski definition) is 0. The molecule has 4 nitrogen and oxygen atoms in total. The van der Waals surface area contributed by atoms with Crippen LogP contribution in [0.4, 0.5) is 0 Å². The summed E-state index contributed by atoms with van der Waals surface area (Å²) in [5.41, 5.74) is 0. The minimum absolute atomic E-state index is 0.168. The molecule has 0 spiro atoms. The van der Waals surface area contributed by atoms with E-state index in [1.165, 1.54) is 0 Å². The topological polar surface area (TPSA) is 52.6 Å². The molecular weight excluding hydrogens is 280 g/mol. The number of para-hydroxylation sites is 2. The average molecular weight is 306 g/mol. The normalized spacial score (nSPS) is 11.8. The first-order chi connectivity index (χ1) is 10.6. The molecule has 1 aromatic rings. The first-order valence-electron chi connectivity index (χ1n) is 8.09. The maximum absolute atomic E-state index is 12.0. The van der Waals surface area contributed by atoms with E-state index in [0.717, 1.165) is 32.1 Å². The maximum Gasteiger partial charge on any atom is 0.314 e. The van der Waals surface area contributed by atoms with Crippen molar-refractivity contribution in [3.8, 4) is 11.5 Å². The molecule has 0 bridgehead atoms. The molecule has 0 saturated heterocycles. The smallest absolute Gasteiger partial charge is 0.314 e. The van der Waals surface area contributed by atoms with E-state index in [4.69, 9.17) is 9.47 Å². The van der Waals surface area contributed by atoms with Gasteiger partial charge in [0.05, 0.1) is 5.92 Å². The minimum Gasteiger partial charge on any atom is -0.423 e. The van der Waals surface area contributed by atoms with Gasteiger partial charge in [0.25, 0.3) is 0 Å². The van der Waals surface area contributed by atoms with Gasteiger partial charge in [-0.25, -0.2) is 0 Å². The molecule has 1 aromatic carbocycles. The zero-order chi connectivity index (χ0) is 16.4. The van der Waals surface area contributed by atoms with Gasteiger partial charge in [0.2, 0.25) is 0 Å². The quantitative estimate of drug-likeness (QED) is 0.382. The number of hydrogen-bond acceptors (Lipinski definition) is 4. The number of esters is 2. The van der Waals surface area contributed by atoms with Gasteiger partial charge in [-0.1, -0.05) is 52.2 Å². The minimum atomic E-state index is -0.295. The van der Waals surface area contributed by atoms with Gasteiger partial charge in [-0.05, 0) is 25.0 Å². The zero-order valence-electron chi connectivity index (χ0n) is 13.8. The molecule has 4 heteroatoms. The Morgan fingerprint density at radius 1 is 1.00 bits per heavy atom.